The lowest BCUT2D eigenvalue weighted by atomic mass is 10.0. The van der Waals surface area contributed by atoms with E-state index in [1.807, 2.05) is 38.1 Å². The Morgan fingerprint density at radius 2 is 1.76 bits per heavy atom. The molecule has 0 unspecified atom stereocenters. The zero-order valence-electron chi connectivity index (χ0n) is 14.4. The van der Waals surface area contributed by atoms with Crippen molar-refractivity contribution in [2.75, 3.05) is 11.4 Å². The van der Waals surface area contributed by atoms with Crippen molar-refractivity contribution in [3.8, 4) is 0 Å². The average molecular weight is 358 g/mol. The Kier molecular flexibility index (Phi) is 4.92. The molecule has 6 heteroatoms. The van der Waals surface area contributed by atoms with Gasteiger partial charge in [0.15, 0.2) is 0 Å². The lowest BCUT2D eigenvalue weighted by Crippen LogP contribution is -2.27. The molecule has 1 heterocycles. The number of benzene rings is 2. The summed E-state index contributed by atoms with van der Waals surface area (Å²) in [6, 6.07) is 13.9. The van der Waals surface area contributed by atoms with Crippen LogP contribution in [0.3, 0.4) is 0 Å². The number of aryl methyl sites for hydroxylation is 1. The number of hydrogen-bond donors (Lipinski definition) is 1. The Labute approximate surface area is 148 Å². The molecule has 1 aliphatic heterocycles. The van der Waals surface area contributed by atoms with Gasteiger partial charge in [-0.25, -0.2) is 13.1 Å². The third-order valence-corrected chi connectivity index (χ3v) is 6.08. The number of hydrogen-bond acceptors (Lipinski definition) is 3. The maximum atomic E-state index is 12.6. The zero-order valence-corrected chi connectivity index (χ0v) is 15.2. The van der Waals surface area contributed by atoms with Crippen molar-refractivity contribution in [3.05, 3.63) is 59.7 Å². The van der Waals surface area contributed by atoms with Gasteiger partial charge in [-0.15, -0.1) is 0 Å². The highest BCUT2D eigenvalue weighted by Crippen LogP contribution is 2.24. The smallest absolute Gasteiger partial charge is 0.241 e. The summed E-state index contributed by atoms with van der Waals surface area (Å²) in [4.78, 5) is 13.7. The molecule has 2 aromatic carbocycles. The number of carbonyl (C=O) groups excluding carboxylic acids is 1. The van der Waals surface area contributed by atoms with E-state index in [0.29, 0.717) is 13.0 Å². The molecule has 0 saturated carbocycles. The fourth-order valence-electron chi connectivity index (χ4n) is 3.16. The molecule has 1 amide bonds. The van der Waals surface area contributed by atoms with E-state index >= 15 is 0 Å². The number of nitrogens with zero attached hydrogens (tertiary/aromatic N) is 1. The molecule has 0 bridgehead atoms. The molecule has 1 aliphatic rings. The quantitative estimate of drug-likeness (QED) is 0.893. The van der Waals surface area contributed by atoms with Crippen LogP contribution >= 0.6 is 0 Å². The van der Waals surface area contributed by atoms with Gasteiger partial charge >= 0.3 is 0 Å². The third-order valence-electron chi connectivity index (χ3n) is 4.52. The van der Waals surface area contributed by atoms with Gasteiger partial charge in [-0.2, -0.15) is 0 Å². The number of amides is 1. The normalized spacial score (nSPS) is 16.2. The van der Waals surface area contributed by atoms with Crippen molar-refractivity contribution in [2.45, 2.75) is 37.6 Å². The van der Waals surface area contributed by atoms with Crippen LogP contribution in [-0.2, 0) is 14.8 Å². The van der Waals surface area contributed by atoms with Crippen molar-refractivity contribution in [1.82, 2.24) is 4.72 Å². The van der Waals surface area contributed by atoms with E-state index in [2.05, 4.69) is 4.72 Å². The van der Waals surface area contributed by atoms with Crippen molar-refractivity contribution in [3.63, 3.8) is 0 Å². The largest absolute Gasteiger partial charge is 0.312 e. The first-order valence-corrected chi connectivity index (χ1v) is 9.85. The minimum Gasteiger partial charge on any atom is -0.312 e. The van der Waals surface area contributed by atoms with Crippen molar-refractivity contribution < 1.29 is 13.2 Å². The maximum Gasteiger partial charge on any atom is 0.241 e. The molecule has 1 N–H and O–H groups in total. The minimum absolute atomic E-state index is 0.0851. The van der Waals surface area contributed by atoms with Crippen LogP contribution in [0.2, 0.25) is 0 Å². The van der Waals surface area contributed by atoms with Crippen LogP contribution < -0.4 is 9.62 Å². The SMILES string of the molecule is Cc1ccccc1[C@@H](C)NS(=O)(=O)c1ccc(N2CCCC2=O)cc1. The molecule has 0 spiro atoms. The molecular formula is C19H22N2O3S. The van der Waals surface area contributed by atoms with E-state index in [-0.39, 0.29) is 16.8 Å². The summed E-state index contributed by atoms with van der Waals surface area (Å²) in [6.07, 6.45) is 1.39. The Hall–Kier alpha value is -2.18. The molecule has 1 atom stereocenters. The standard InChI is InChI=1S/C19H22N2O3S/c1-14-6-3-4-7-18(14)15(2)20-25(23,24)17-11-9-16(10-12-17)21-13-5-8-19(21)22/h3-4,6-7,9-12,15,20H,5,8,13H2,1-2H3/t15-/m1/s1. The molecule has 5 nitrogen and oxygen atoms in total. The summed E-state index contributed by atoms with van der Waals surface area (Å²) in [5, 5.41) is 0. The number of sulfonamides is 1. The first-order chi connectivity index (χ1) is 11.9. The zero-order chi connectivity index (χ0) is 18.0. The molecule has 132 valence electrons. The predicted octanol–water partition coefficient (Wildman–Crippen LogP) is 3.16. The lowest BCUT2D eigenvalue weighted by Gasteiger charge is -2.18. The Bertz CT molecular complexity index is 876. The summed E-state index contributed by atoms with van der Waals surface area (Å²) >= 11 is 0. The number of rotatable bonds is 5. The first-order valence-electron chi connectivity index (χ1n) is 8.37. The van der Waals surface area contributed by atoms with Crippen molar-refractivity contribution in [2.24, 2.45) is 0 Å². The summed E-state index contributed by atoms with van der Waals surface area (Å²) in [5.74, 6) is 0.0851. The monoisotopic (exact) mass is 358 g/mol. The second-order valence-corrected chi connectivity index (χ2v) is 8.06. The van der Waals surface area contributed by atoms with Gasteiger partial charge in [0.2, 0.25) is 15.9 Å². The van der Waals surface area contributed by atoms with Gasteiger partial charge in [-0.3, -0.25) is 4.79 Å². The van der Waals surface area contributed by atoms with Crippen LogP contribution in [0, 0.1) is 6.92 Å². The van der Waals surface area contributed by atoms with E-state index in [1.54, 1.807) is 29.2 Å². The minimum atomic E-state index is -3.63. The van der Waals surface area contributed by atoms with Crippen molar-refractivity contribution in [1.29, 1.82) is 0 Å². The highest BCUT2D eigenvalue weighted by Gasteiger charge is 2.23. The molecule has 1 fully saturated rings. The summed E-state index contributed by atoms with van der Waals surface area (Å²) in [5.41, 5.74) is 2.74. The van der Waals surface area contributed by atoms with Gasteiger partial charge in [0.1, 0.15) is 0 Å². The van der Waals surface area contributed by atoms with Crippen LogP contribution in [-0.4, -0.2) is 20.9 Å². The van der Waals surface area contributed by atoms with Crippen molar-refractivity contribution >= 4 is 21.6 Å². The van der Waals surface area contributed by atoms with Crippen LogP contribution in [0.5, 0.6) is 0 Å². The Morgan fingerprint density at radius 3 is 2.36 bits per heavy atom. The summed E-state index contributed by atoms with van der Waals surface area (Å²) < 4.78 is 28.0. The molecule has 0 aromatic heterocycles. The van der Waals surface area contributed by atoms with Crippen LogP contribution in [0.4, 0.5) is 5.69 Å². The van der Waals surface area contributed by atoms with Gasteiger partial charge in [-0.1, -0.05) is 24.3 Å². The Balaban J connectivity index is 1.78. The third kappa shape index (κ3) is 3.75. The molecule has 25 heavy (non-hydrogen) atoms. The second kappa shape index (κ2) is 6.98. The lowest BCUT2D eigenvalue weighted by molar-refractivity contribution is -0.117. The highest BCUT2D eigenvalue weighted by atomic mass is 32.2. The molecular weight excluding hydrogens is 336 g/mol. The van der Waals surface area contributed by atoms with Gasteiger partial charge in [-0.05, 0) is 55.7 Å². The molecule has 1 saturated heterocycles. The molecule has 0 aliphatic carbocycles. The predicted molar refractivity (Wildman–Crippen MR) is 97.9 cm³/mol. The maximum absolute atomic E-state index is 12.6. The van der Waals surface area contributed by atoms with Gasteiger partial charge in [0.25, 0.3) is 0 Å². The average Bonchev–Trinajstić information content (AvgIpc) is 3.01. The number of nitrogens with one attached hydrogen (secondary N) is 1. The van der Waals surface area contributed by atoms with Gasteiger partial charge < -0.3 is 4.90 Å². The fraction of sp³-hybridized carbons (Fsp3) is 0.316. The van der Waals surface area contributed by atoms with Gasteiger partial charge in [0.05, 0.1) is 4.90 Å². The summed E-state index contributed by atoms with van der Waals surface area (Å²) in [6.45, 7) is 4.48. The van der Waals surface area contributed by atoms with E-state index in [1.165, 1.54) is 0 Å². The van der Waals surface area contributed by atoms with Crippen LogP contribution in [0.1, 0.15) is 36.9 Å². The molecule has 0 radical (unpaired) electrons. The first kappa shape index (κ1) is 17.6. The number of carbonyl (C=O) groups is 1. The number of anilines is 1. The molecule has 3 rings (SSSR count). The fourth-order valence-corrected chi connectivity index (χ4v) is 4.39. The van der Waals surface area contributed by atoms with E-state index in [9.17, 15) is 13.2 Å². The Morgan fingerprint density at radius 1 is 1.08 bits per heavy atom. The van der Waals surface area contributed by atoms with E-state index in [4.69, 9.17) is 0 Å². The van der Waals surface area contributed by atoms with Crippen LogP contribution in [0.25, 0.3) is 0 Å². The highest BCUT2D eigenvalue weighted by molar-refractivity contribution is 7.89. The van der Waals surface area contributed by atoms with E-state index in [0.717, 1.165) is 23.2 Å². The molecule has 2 aromatic rings. The summed E-state index contributed by atoms with van der Waals surface area (Å²) in [7, 11) is -3.63. The second-order valence-electron chi connectivity index (χ2n) is 6.34. The van der Waals surface area contributed by atoms with Gasteiger partial charge in [0, 0.05) is 24.7 Å². The topological polar surface area (TPSA) is 66.5 Å². The van der Waals surface area contributed by atoms with Crippen LogP contribution in [0.15, 0.2) is 53.4 Å². The van der Waals surface area contributed by atoms with E-state index < -0.39 is 10.0 Å².